The lowest BCUT2D eigenvalue weighted by Gasteiger charge is -2.65. The van der Waals surface area contributed by atoms with Crippen LogP contribution in [0.5, 0.6) is 0 Å². The van der Waals surface area contributed by atoms with Gasteiger partial charge in [-0.15, -0.1) is 0 Å². The Kier molecular flexibility index (Phi) is 3.71. The van der Waals surface area contributed by atoms with E-state index in [1.807, 2.05) is 0 Å². The van der Waals surface area contributed by atoms with Gasteiger partial charge >= 0.3 is 0 Å². The molecule has 0 N–H and O–H groups in total. The van der Waals surface area contributed by atoms with Crippen LogP contribution in [0, 0.1) is 5.41 Å². The predicted octanol–water partition coefficient (Wildman–Crippen LogP) is 2.67. The van der Waals surface area contributed by atoms with Crippen LogP contribution in [0.3, 0.4) is 0 Å². The first-order chi connectivity index (χ1) is 9.59. The molecule has 1 spiro atoms. The minimum absolute atomic E-state index is 0.350. The minimum atomic E-state index is 0.350. The third-order valence-corrected chi connectivity index (χ3v) is 6.01. The topological polar surface area (TPSA) is 9.72 Å². The van der Waals surface area contributed by atoms with Crippen LogP contribution in [-0.2, 0) is 0 Å². The summed E-state index contributed by atoms with van der Waals surface area (Å²) in [4.78, 5) is 8.08. The van der Waals surface area contributed by atoms with Gasteiger partial charge in [0, 0.05) is 61.8 Å². The van der Waals surface area contributed by atoms with Crippen LogP contribution in [0.2, 0.25) is 0 Å². The van der Waals surface area contributed by atoms with Crippen molar-refractivity contribution in [1.82, 2.24) is 14.7 Å². The maximum atomic E-state index is 2.78. The second-order valence-electron chi connectivity index (χ2n) is 9.82. The monoisotopic (exact) mass is 293 g/mol. The zero-order valence-corrected chi connectivity index (χ0v) is 15.1. The van der Waals surface area contributed by atoms with E-state index in [-0.39, 0.29) is 0 Å². The van der Waals surface area contributed by atoms with Crippen molar-refractivity contribution in [1.29, 1.82) is 0 Å². The number of likely N-dealkylation sites (tertiary alicyclic amines) is 3. The Morgan fingerprint density at radius 3 is 1.62 bits per heavy atom. The molecule has 0 saturated carbocycles. The van der Waals surface area contributed by atoms with E-state index in [2.05, 4.69) is 56.2 Å². The van der Waals surface area contributed by atoms with E-state index >= 15 is 0 Å². The summed E-state index contributed by atoms with van der Waals surface area (Å²) in [7, 11) is 0. The van der Waals surface area contributed by atoms with Crippen molar-refractivity contribution in [2.45, 2.75) is 71.5 Å². The van der Waals surface area contributed by atoms with Gasteiger partial charge in [-0.1, -0.05) is 0 Å². The number of rotatable bonds is 1. The maximum Gasteiger partial charge on any atom is 0.0212 e. The van der Waals surface area contributed by atoms with Gasteiger partial charge in [-0.3, -0.25) is 14.7 Å². The molecular formula is C18H35N3. The standard InChI is InChI=1S/C18H35N3/c1-16(2,3)20-9-7-15(8-10-20)19-11-18(12-19)13-21(14-18)17(4,5)6/h15H,7-14H2,1-6H3. The molecule has 3 heteroatoms. The molecule has 0 bridgehead atoms. The summed E-state index contributed by atoms with van der Waals surface area (Å²) in [6, 6.07) is 0.859. The Morgan fingerprint density at radius 1 is 0.714 bits per heavy atom. The van der Waals surface area contributed by atoms with Crippen molar-refractivity contribution in [3.63, 3.8) is 0 Å². The molecule has 3 saturated heterocycles. The number of nitrogens with zero attached hydrogens (tertiary/aromatic N) is 3. The second kappa shape index (κ2) is 4.94. The quantitative estimate of drug-likeness (QED) is 0.736. The average Bonchev–Trinajstić information content (AvgIpc) is 2.22. The summed E-state index contributed by atoms with van der Waals surface area (Å²) in [6.07, 6.45) is 2.74. The summed E-state index contributed by atoms with van der Waals surface area (Å²) in [6.45, 7) is 22.0. The Bertz CT molecular complexity index is 368. The third-order valence-electron chi connectivity index (χ3n) is 6.01. The molecule has 3 aliphatic rings. The molecule has 3 nitrogen and oxygen atoms in total. The van der Waals surface area contributed by atoms with E-state index in [1.165, 1.54) is 52.1 Å². The average molecular weight is 293 g/mol. The fraction of sp³-hybridized carbons (Fsp3) is 1.00. The molecule has 0 amide bonds. The molecule has 0 unspecified atom stereocenters. The van der Waals surface area contributed by atoms with Gasteiger partial charge in [0.15, 0.2) is 0 Å². The zero-order chi connectivity index (χ0) is 15.5. The lowest BCUT2D eigenvalue weighted by atomic mass is 9.70. The highest BCUT2D eigenvalue weighted by Crippen LogP contribution is 2.44. The summed E-state index contributed by atoms with van der Waals surface area (Å²) in [5, 5.41) is 0. The van der Waals surface area contributed by atoms with Crippen molar-refractivity contribution in [3.8, 4) is 0 Å². The molecule has 3 aliphatic heterocycles. The fourth-order valence-electron chi connectivity index (χ4n) is 4.41. The first-order valence-corrected chi connectivity index (χ1v) is 8.83. The first kappa shape index (κ1) is 15.8. The van der Waals surface area contributed by atoms with E-state index in [4.69, 9.17) is 0 Å². The Morgan fingerprint density at radius 2 is 1.19 bits per heavy atom. The Labute approximate surface area is 131 Å². The van der Waals surface area contributed by atoms with Crippen LogP contribution >= 0.6 is 0 Å². The molecule has 0 aromatic carbocycles. The van der Waals surface area contributed by atoms with Crippen molar-refractivity contribution < 1.29 is 0 Å². The van der Waals surface area contributed by atoms with Gasteiger partial charge < -0.3 is 0 Å². The van der Waals surface area contributed by atoms with Crippen LogP contribution in [0.1, 0.15) is 54.4 Å². The van der Waals surface area contributed by atoms with Crippen molar-refractivity contribution >= 4 is 0 Å². The summed E-state index contributed by atoms with van der Waals surface area (Å²) in [5.41, 5.74) is 1.38. The molecule has 3 fully saturated rings. The van der Waals surface area contributed by atoms with Gasteiger partial charge in [-0.05, 0) is 54.4 Å². The predicted molar refractivity (Wildman–Crippen MR) is 89.7 cm³/mol. The van der Waals surface area contributed by atoms with Gasteiger partial charge in [0.25, 0.3) is 0 Å². The van der Waals surface area contributed by atoms with Crippen molar-refractivity contribution in [3.05, 3.63) is 0 Å². The second-order valence-corrected chi connectivity index (χ2v) is 9.82. The molecule has 0 aromatic rings. The Balaban J connectivity index is 1.43. The van der Waals surface area contributed by atoms with E-state index in [0.29, 0.717) is 16.5 Å². The van der Waals surface area contributed by atoms with Crippen LogP contribution in [0.25, 0.3) is 0 Å². The van der Waals surface area contributed by atoms with Crippen LogP contribution in [0.15, 0.2) is 0 Å². The van der Waals surface area contributed by atoms with Crippen molar-refractivity contribution in [2.24, 2.45) is 5.41 Å². The van der Waals surface area contributed by atoms with Gasteiger partial charge in [-0.2, -0.15) is 0 Å². The molecule has 21 heavy (non-hydrogen) atoms. The lowest BCUT2D eigenvalue weighted by molar-refractivity contribution is -0.161. The number of hydrogen-bond donors (Lipinski definition) is 0. The van der Waals surface area contributed by atoms with Gasteiger partial charge in [-0.25, -0.2) is 0 Å². The fourth-order valence-corrected chi connectivity index (χ4v) is 4.41. The molecule has 122 valence electrons. The molecule has 0 aromatic heterocycles. The summed E-state index contributed by atoms with van der Waals surface area (Å²) in [5.74, 6) is 0. The van der Waals surface area contributed by atoms with Crippen LogP contribution < -0.4 is 0 Å². The molecule has 3 rings (SSSR count). The number of hydrogen-bond acceptors (Lipinski definition) is 3. The SMILES string of the molecule is CC(C)(C)N1CCC(N2CC3(C2)CN(C(C)(C)C)C3)CC1. The molecule has 0 radical (unpaired) electrons. The number of piperidine rings is 1. The van der Waals surface area contributed by atoms with E-state index in [1.54, 1.807) is 0 Å². The highest BCUT2D eigenvalue weighted by molar-refractivity contribution is 5.09. The summed E-state index contributed by atoms with van der Waals surface area (Å²) < 4.78 is 0. The molecule has 3 heterocycles. The van der Waals surface area contributed by atoms with Crippen LogP contribution in [0.4, 0.5) is 0 Å². The minimum Gasteiger partial charge on any atom is -0.299 e. The smallest absolute Gasteiger partial charge is 0.0212 e. The first-order valence-electron chi connectivity index (χ1n) is 8.83. The van der Waals surface area contributed by atoms with E-state index in [9.17, 15) is 0 Å². The maximum absolute atomic E-state index is 2.78. The molecule has 0 atom stereocenters. The van der Waals surface area contributed by atoms with Crippen molar-refractivity contribution in [2.75, 3.05) is 39.3 Å². The summed E-state index contributed by atoms with van der Waals surface area (Å²) >= 11 is 0. The molecule has 0 aliphatic carbocycles. The largest absolute Gasteiger partial charge is 0.299 e. The lowest BCUT2D eigenvalue weighted by Crippen LogP contribution is -2.76. The van der Waals surface area contributed by atoms with Gasteiger partial charge in [0.1, 0.15) is 0 Å². The highest BCUT2D eigenvalue weighted by atomic mass is 15.4. The van der Waals surface area contributed by atoms with Gasteiger partial charge in [0.2, 0.25) is 0 Å². The Hall–Kier alpha value is -0.120. The van der Waals surface area contributed by atoms with E-state index < -0.39 is 0 Å². The van der Waals surface area contributed by atoms with E-state index in [0.717, 1.165) is 6.04 Å². The van der Waals surface area contributed by atoms with Gasteiger partial charge in [0.05, 0.1) is 0 Å². The molecular weight excluding hydrogens is 258 g/mol. The highest BCUT2D eigenvalue weighted by Gasteiger charge is 2.55. The zero-order valence-electron chi connectivity index (χ0n) is 15.1. The normalized spacial score (nSPS) is 29.4. The van der Waals surface area contributed by atoms with Crippen LogP contribution in [-0.4, -0.2) is 71.1 Å². The third kappa shape index (κ3) is 3.02.